The predicted molar refractivity (Wildman–Crippen MR) is 117 cm³/mol. The molecule has 0 aliphatic carbocycles. The van der Waals surface area contributed by atoms with Gasteiger partial charge in [-0.05, 0) is 31.2 Å². The molecule has 0 radical (unpaired) electrons. The second-order valence-corrected chi connectivity index (χ2v) is 7.89. The minimum absolute atomic E-state index is 0.361. The fourth-order valence-corrected chi connectivity index (χ4v) is 3.54. The molecular formula is C25H37FN2. The first kappa shape index (κ1) is 22.5. The Bertz CT molecular complexity index is 667. The maximum atomic E-state index is 14.4. The van der Waals surface area contributed by atoms with Crippen LogP contribution in [0.2, 0.25) is 0 Å². The lowest BCUT2D eigenvalue weighted by Gasteiger charge is -2.06. The van der Waals surface area contributed by atoms with E-state index in [1.54, 1.807) is 6.20 Å². The van der Waals surface area contributed by atoms with Gasteiger partial charge in [0.1, 0.15) is 0 Å². The third kappa shape index (κ3) is 8.08. The molecule has 2 aromatic rings. The number of aromatic nitrogens is 2. The van der Waals surface area contributed by atoms with Gasteiger partial charge in [-0.2, -0.15) is 9.37 Å². The van der Waals surface area contributed by atoms with Gasteiger partial charge in [-0.3, -0.25) is 0 Å². The number of aryl methyl sites for hydroxylation is 2. The molecule has 154 valence electrons. The van der Waals surface area contributed by atoms with Gasteiger partial charge >= 0.3 is 0 Å². The minimum atomic E-state index is -0.361. The van der Waals surface area contributed by atoms with Crippen molar-refractivity contribution in [2.24, 2.45) is 0 Å². The number of halogens is 1. The summed E-state index contributed by atoms with van der Waals surface area (Å²) in [6.45, 7) is 4.46. The summed E-state index contributed by atoms with van der Waals surface area (Å²) in [6, 6.07) is 8.24. The van der Waals surface area contributed by atoms with Crippen LogP contribution in [0.1, 0.15) is 95.6 Å². The van der Waals surface area contributed by atoms with Crippen molar-refractivity contribution < 1.29 is 4.39 Å². The Morgan fingerprint density at radius 2 is 1.29 bits per heavy atom. The van der Waals surface area contributed by atoms with Gasteiger partial charge in [0.05, 0.1) is 0 Å². The third-order valence-corrected chi connectivity index (χ3v) is 5.39. The molecule has 0 bridgehead atoms. The van der Waals surface area contributed by atoms with Crippen LogP contribution in [0.5, 0.6) is 0 Å². The molecule has 2 nitrogen and oxygen atoms in total. The van der Waals surface area contributed by atoms with Crippen LogP contribution in [0.3, 0.4) is 0 Å². The van der Waals surface area contributed by atoms with Gasteiger partial charge in [0.2, 0.25) is 5.95 Å². The number of benzene rings is 1. The first-order valence-electron chi connectivity index (χ1n) is 11.3. The first-order chi connectivity index (χ1) is 13.7. The van der Waals surface area contributed by atoms with Crippen LogP contribution in [-0.2, 0) is 12.8 Å². The van der Waals surface area contributed by atoms with Crippen molar-refractivity contribution in [2.45, 2.75) is 97.3 Å². The van der Waals surface area contributed by atoms with E-state index in [1.165, 1.54) is 63.4 Å². The fourth-order valence-electron chi connectivity index (χ4n) is 3.54. The second-order valence-electron chi connectivity index (χ2n) is 7.89. The molecule has 1 heterocycles. The van der Waals surface area contributed by atoms with Gasteiger partial charge < -0.3 is 0 Å². The van der Waals surface area contributed by atoms with E-state index in [-0.39, 0.29) is 5.95 Å². The average molecular weight is 385 g/mol. The molecule has 0 atom stereocenters. The molecule has 0 amide bonds. The normalized spacial score (nSPS) is 11.1. The van der Waals surface area contributed by atoms with Crippen molar-refractivity contribution in [3.05, 3.63) is 47.5 Å². The van der Waals surface area contributed by atoms with Crippen molar-refractivity contribution >= 4 is 0 Å². The second kappa shape index (κ2) is 13.4. The Morgan fingerprint density at radius 1 is 0.714 bits per heavy atom. The van der Waals surface area contributed by atoms with Crippen LogP contribution in [0.4, 0.5) is 4.39 Å². The van der Waals surface area contributed by atoms with Crippen LogP contribution < -0.4 is 0 Å². The molecular weight excluding hydrogens is 347 g/mol. The van der Waals surface area contributed by atoms with Crippen LogP contribution in [-0.4, -0.2) is 9.97 Å². The van der Waals surface area contributed by atoms with E-state index in [1.807, 2.05) is 12.1 Å². The maximum Gasteiger partial charge on any atom is 0.219 e. The van der Waals surface area contributed by atoms with Gasteiger partial charge in [-0.15, -0.1) is 0 Å². The molecule has 28 heavy (non-hydrogen) atoms. The molecule has 0 saturated carbocycles. The number of hydrogen-bond acceptors (Lipinski definition) is 2. The molecule has 3 heteroatoms. The van der Waals surface area contributed by atoms with Crippen LogP contribution in [0.15, 0.2) is 30.5 Å². The van der Waals surface area contributed by atoms with Crippen molar-refractivity contribution in [1.82, 2.24) is 9.97 Å². The summed E-state index contributed by atoms with van der Waals surface area (Å²) in [5.74, 6) is 0.122. The van der Waals surface area contributed by atoms with E-state index in [2.05, 4.69) is 35.9 Å². The van der Waals surface area contributed by atoms with E-state index >= 15 is 0 Å². The van der Waals surface area contributed by atoms with Crippen molar-refractivity contribution in [3.8, 4) is 11.4 Å². The largest absolute Gasteiger partial charge is 0.236 e. The molecule has 1 aromatic carbocycles. The third-order valence-electron chi connectivity index (χ3n) is 5.39. The summed E-state index contributed by atoms with van der Waals surface area (Å²) in [5.41, 5.74) is 2.85. The number of unbranched alkanes of at least 4 members (excludes halogenated alkanes) is 9. The highest BCUT2D eigenvalue weighted by atomic mass is 19.1. The SMILES string of the molecule is CCCCCCCCCCc1cnc(-c2ccc(CCCCC)cc2)nc1F. The smallest absolute Gasteiger partial charge is 0.219 e. The lowest BCUT2D eigenvalue weighted by Crippen LogP contribution is -1.99. The molecule has 0 spiro atoms. The fraction of sp³-hybridized carbons (Fsp3) is 0.600. The van der Waals surface area contributed by atoms with Crippen molar-refractivity contribution in [1.29, 1.82) is 0 Å². The van der Waals surface area contributed by atoms with Crippen molar-refractivity contribution in [3.63, 3.8) is 0 Å². The van der Waals surface area contributed by atoms with Gasteiger partial charge in [-0.1, -0.05) is 95.9 Å². The lowest BCUT2D eigenvalue weighted by atomic mass is 10.0. The summed E-state index contributed by atoms with van der Waals surface area (Å²) in [5, 5.41) is 0. The van der Waals surface area contributed by atoms with E-state index in [0.717, 1.165) is 31.2 Å². The molecule has 0 aliphatic heterocycles. The molecule has 0 fully saturated rings. The Kier molecular flexibility index (Phi) is 10.8. The standard InChI is InChI=1S/C25H37FN2/c1-3-5-7-8-9-10-11-13-15-23-20-27-25(28-24(23)26)22-18-16-21(17-19-22)14-12-6-4-2/h16-20H,3-15H2,1-2H3. The summed E-state index contributed by atoms with van der Waals surface area (Å²) in [6.07, 6.45) is 17.2. The Balaban J connectivity index is 1.78. The zero-order chi connectivity index (χ0) is 20.0. The Labute approximate surface area is 171 Å². The molecule has 0 saturated heterocycles. The quantitative estimate of drug-likeness (QED) is 0.246. The van der Waals surface area contributed by atoms with Crippen LogP contribution in [0, 0.1) is 5.95 Å². The summed E-state index contributed by atoms with van der Waals surface area (Å²) in [4.78, 5) is 8.53. The number of hydrogen-bond donors (Lipinski definition) is 0. The van der Waals surface area contributed by atoms with Gasteiger partial charge in [0, 0.05) is 17.3 Å². The van der Waals surface area contributed by atoms with E-state index in [4.69, 9.17) is 0 Å². The van der Waals surface area contributed by atoms with Gasteiger partial charge in [0.15, 0.2) is 5.82 Å². The van der Waals surface area contributed by atoms with Crippen molar-refractivity contribution in [2.75, 3.05) is 0 Å². The van der Waals surface area contributed by atoms with Crippen LogP contribution in [0.25, 0.3) is 11.4 Å². The van der Waals surface area contributed by atoms with Gasteiger partial charge in [-0.25, -0.2) is 4.98 Å². The summed E-state index contributed by atoms with van der Waals surface area (Å²) in [7, 11) is 0. The maximum absolute atomic E-state index is 14.4. The van der Waals surface area contributed by atoms with E-state index in [0.29, 0.717) is 11.4 Å². The molecule has 0 N–H and O–H groups in total. The molecule has 0 aliphatic rings. The molecule has 1 aromatic heterocycles. The van der Waals surface area contributed by atoms with Crippen LogP contribution >= 0.6 is 0 Å². The number of rotatable bonds is 14. The monoisotopic (exact) mass is 384 g/mol. The molecule has 0 unspecified atom stereocenters. The van der Waals surface area contributed by atoms with E-state index in [9.17, 15) is 4.39 Å². The summed E-state index contributed by atoms with van der Waals surface area (Å²) < 4.78 is 14.4. The summed E-state index contributed by atoms with van der Waals surface area (Å²) >= 11 is 0. The predicted octanol–water partition coefficient (Wildman–Crippen LogP) is 7.70. The topological polar surface area (TPSA) is 25.8 Å². The zero-order valence-electron chi connectivity index (χ0n) is 17.9. The molecule has 2 rings (SSSR count). The lowest BCUT2D eigenvalue weighted by molar-refractivity contribution is 0.544. The highest BCUT2D eigenvalue weighted by Crippen LogP contribution is 2.19. The first-order valence-corrected chi connectivity index (χ1v) is 11.3. The minimum Gasteiger partial charge on any atom is -0.236 e. The average Bonchev–Trinajstić information content (AvgIpc) is 2.72. The highest BCUT2D eigenvalue weighted by Gasteiger charge is 2.08. The Hall–Kier alpha value is -1.77. The zero-order valence-corrected chi connectivity index (χ0v) is 17.9. The Morgan fingerprint density at radius 3 is 1.93 bits per heavy atom. The highest BCUT2D eigenvalue weighted by molar-refractivity contribution is 5.55. The number of nitrogens with zero attached hydrogens (tertiary/aromatic N) is 2. The van der Waals surface area contributed by atoms with E-state index < -0.39 is 0 Å². The van der Waals surface area contributed by atoms with Gasteiger partial charge in [0.25, 0.3) is 0 Å².